The van der Waals surface area contributed by atoms with E-state index in [1.54, 1.807) is 92.7 Å². The van der Waals surface area contributed by atoms with E-state index in [2.05, 4.69) is 20.5 Å². The number of nitrogens with two attached hydrogens (primary N) is 2. The second kappa shape index (κ2) is 20.2. The molecule has 20 nitrogen and oxygen atoms in total. The Morgan fingerprint density at radius 2 is 1.43 bits per heavy atom. The minimum absolute atomic E-state index is 0.0330. The fraction of sp³-hybridized carbons (Fsp3) is 0.435. The van der Waals surface area contributed by atoms with Crippen LogP contribution < -0.4 is 26.4 Å². The average Bonchev–Trinajstić information content (AvgIpc) is 3.99. The van der Waals surface area contributed by atoms with Gasteiger partial charge in [0.2, 0.25) is 17.8 Å². The molecule has 3 aromatic heterocycles. The molecule has 5 aromatic rings. The Bertz CT molecular complexity index is 2790. The number of hydrogen-bond donors (Lipinski definition) is 3. The van der Waals surface area contributed by atoms with Gasteiger partial charge < -0.3 is 25.7 Å². The van der Waals surface area contributed by atoms with Crippen molar-refractivity contribution in [3.05, 3.63) is 94.1 Å². The fourth-order valence-corrected chi connectivity index (χ4v) is 9.23. The van der Waals surface area contributed by atoms with Gasteiger partial charge in [0, 0.05) is 55.8 Å². The molecule has 1 aliphatic rings. The molecule has 5 N–H and O–H groups in total. The molecule has 0 bridgehead atoms. The van der Waals surface area contributed by atoms with Crippen LogP contribution in [0.1, 0.15) is 120 Å². The van der Waals surface area contributed by atoms with Gasteiger partial charge in [-0.05, 0) is 117 Å². The number of carbonyl (C=O) groups is 4. The van der Waals surface area contributed by atoms with Crippen LogP contribution >= 0.6 is 7.82 Å². The standard InChI is InChI=1S/C46H60N11O9P/c1-11-56-35(22-28(3)52-56)42(60)50-38-27-31-24-30(40(47)58)16-17-34(31)54(38)18-13-14-19-55-39-33(49-44(55)51-43(61)36-23-29(4)53-57(36)12-2)25-32(41(48)59)26-37(39)63-20-15-21-64-67(62,65-45(5,6)7)66-46(8,9)10/h13-14,16-17,22-26H,11-12,15,18-21,27H2,1-10H3,(H2,47,58)(H2,48,59)(H,49,51,61)/b14-13+,50-38?. The van der Waals surface area contributed by atoms with Gasteiger partial charge in [0.25, 0.3) is 11.8 Å². The van der Waals surface area contributed by atoms with Crippen LogP contribution in [0.3, 0.4) is 0 Å². The summed E-state index contributed by atoms with van der Waals surface area (Å²) in [5, 5.41) is 11.8. The summed E-state index contributed by atoms with van der Waals surface area (Å²) >= 11 is 0. The quantitative estimate of drug-likeness (QED) is 0.0432. The fourth-order valence-electron chi connectivity index (χ4n) is 7.40. The molecule has 0 atom stereocenters. The lowest BCUT2D eigenvalue weighted by Gasteiger charge is -2.30. The van der Waals surface area contributed by atoms with Crippen molar-refractivity contribution >= 4 is 60.0 Å². The van der Waals surface area contributed by atoms with Crippen LogP contribution in [0, 0.1) is 13.8 Å². The number of aryl methyl sites for hydroxylation is 4. The number of phosphoric acid groups is 1. The van der Waals surface area contributed by atoms with E-state index in [1.807, 2.05) is 37.8 Å². The summed E-state index contributed by atoms with van der Waals surface area (Å²) in [6, 6.07) is 11.5. The van der Waals surface area contributed by atoms with E-state index in [9.17, 15) is 23.7 Å². The molecular weight excluding hydrogens is 882 g/mol. The molecule has 0 spiro atoms. The first-order chi connectivity index (χ1) is 31.5. The number of fused-ring (bicyclic) bond motifs is 2. The highest BCUT2D eigenvalue weighted by molar-refractivity contribution is 7.48. The molecule has 0 unspecified atom stereocenters. The number of rotatable bonds is 19. The largest absolute Gasteiger partial charge is 0.491 e. The maximum absolute atomic E-state index is 13.9. The topological polar surface area (TPSA) is 255 Å². The summed E-state index contributed by atoms with van der Waals surface area (Å²) in [6.07, 6.45) is 4.22. The van der Waals surface area contributed by atoms with E-state index >= 15 is 0 Å². The number of imidazole rings is 1. The Morgan fingerprint density at radius 3 is 2.04 bits per heavy atom. The lowest BCUT2D eigenvalue weighted by Crippen LogP contribution is -2.28. The van der Waals surface area contributed by atoms with Crippen molar-refractivity contribution in [2.75, 3.05) is 30.0 Å². The second-order valence-corrected chi connectivity index (χ2v) is 19.4. The van der Waals surface area contributed by atoms with E-state index in [0.717, 1.165) is 11.3 Å². The number of allylic oxidation sites excluding steroid dienone is 1. The van der Waals surface area contributed by atoms with Gasteiger partial charge in [-0.1, -0.05) is 12.2 Å². The van der Waals surface area contributed by atoms with Crippen LogP contribution in [0.5, 0.6) is 5.75 Å². The Kier molecular flexibility index (Phi) is 15.0. The molecule has 0 saturated carbocycles. The first-order valence-electron chi connectivity index (χ1n) is 22.0. The van der Waals surface area contributed by atoms with E-state index < -0.39 is 42.7 Å². The van der Waals surface area contributed by atoms with Crippen LogP contribution in [0.2, 0.25) is 0 Å². The number of aromatic nitrogens is 6. The van der Waals surface area contributed by atoms with Crippen molar-refractivity contribution in [3.8, 4) is 5.75 Å². The van der Waals surface area contributed by atoms with Gasteiger partial charge in [0.05, 0.1) is 41.3 Å². The maximum Gasteiger partial charge on any atom is 0.475 e. The molecule has 2 aromatic carbocycles. The van der Waals surface area contributed by atoms with Gasteiger partial charge in [-0.15, -0.1) is 0 Å². The molecule has 4 heterocycles. The smallest absolute Gasteiger partial charge is 0.475 e. The number of primary amides is 2. The van der Waals surface area contributed by atoms with E-state index in [4.69, 9.17) is 34.8 Å². The van der Waals surface area contributed by atoms with Crippen molar-refractivity contribution in [2.45, 2.75) is 113 Å². The molecule has 0 fully saturated rings. The first kappa shape index (κ1) is 50.0. The first-order valence-corrected chi connectivity index (χ1v) is 23.4. The van der Waals surface area contributed by atoms with Gasteiger partial charge in [-0.2, -0.15) is 15.2 Å². The van der Waals surface area contributed by atoms with Crippen LogP contribution in [0.15, 0.2) is 59.6 Å². The molecule has 0 radical (unpaired) electrons. The summed E-state index contributed by atoms with van der Waals surface area (Å²) in [5.41, 5.74) is 14.5. The lowest BCUT2D eigenvalue weighted by atomic mass is 10.1. The van der Waals surface area contributed by atoms with E-state index in [-0.39, 0.29) is 56.4 Å². The van der Waals surface area contributed by atoms with Gasteiger partial charge in [-0.3, -0.25) is 47.4 Å². The molecule has 4 amide bonds. The third-order valence-corrected chi connectivity index (χ3v) is 12.1. The number of phosphoric ester groups is 1. The van der Waals surface area contributed by atoms with Crippen LogP contribution in [0.4, 0.5) is 11.6 Å². The van der Waals surface area contributed by atoms with Crippen LogP contribution in [-0.2, 0) is 44.2 Å². The number of hydrogen-bond acceptors (Lipinski definition) is 12. The number of aliphatic imine (C=N–C) groups is 1. The number of amides is 4. The predicted octanol–water partition coefficient (Wildman–Crippen LogP) is 6.92. The third-order valence-electron chi connectivity index (χ3n) is 10.0. The normalized spacial score (nSPS) is 13.8. The number of carbonyl (C=O) groups excluding carboxylic acids is 4. The highest BCUT2D eigenvalue weighted by Crippen LogP contribution is 2.55. The minimum Gasteiger partial charge on any atom is -0.491 e. The molecule has 67 heavy (non-hydrogen) atoms. The van der Waals surface area contributed by atoms with E-state index in [0.29, 0.717) is 58.3 Å². The highest BCUT2D eigenvalue weighted by atomic mass is 31.2. The molecular formula is C46H60N11O9P. The number of nitrogens with zero attached hydrogens (tertiary/aromatic N) is 8. The maximum atomic E-state index is 13.9. The van der Waals surface area contributed by atoms with E-state index in [1.165, 1.54) is 12.1 Å². The summed E-state index contributed by atoms with van der Waals surface area (Å²) < 4.78 is 42.1. The summed E-state index contributed by atoms with van der Waals surface area (Å²) in [5.74, 6) is -1.40. The molecule has 1 aliphatic heterocycles. The van der Waals surface area contributed by atoms with Gasteiger partial charge in [-0.25, -0.2) is 9.55 Å². The van der Waals surface area contributed by atoms with Crippen molar-refractivity contribution < 1.29 is 42.1 Å². The number of ether oxygens (including phenoxy) is 1. The predicted molar refractivity (Wildman–Crippen MR) is 254 cm³/mol. The highest BCUT2D eigenvalue weighted by Gasteiger charge is 2.37. The number of amidine groups is 1. The van der Waals surface area contributed by atoms with Crippen LogP contribution in [0.25, 0.3) is 11.0 Å². The van der Waals surface area contributed by atoms with Crippen molar-refractivity contribution in [1.29, 1.82) is 0 Å². The second-order valence-electron chi connectivity index (χ2n) is 17.9. The number of nitrogens with one attached hydrogen (secondary N) is 1. The van der Waals surface area contributed by atoms with Crippen molar-refractivity contribution in [2.24, 2.45) is 16.5 Å². The Labute approximate surface area is 389 Å². The lowest BCUT2D eigenvalue weighted by molar-refractivity contribution is 0.00231. The van der Waals surface area contributed by atoms with Gasteiger partial charge >= 0.3 is 7.82 Å². The minimum atomic E-state index is -3.99. The Balaban J connectivity index is 1.33. The average molecular weight is 942 g/mol. The van der Waals surface area contributed by atoms with Gasteiger partial charge in [0.15, 0.2) is 0 Å². The van der Waals surface area contributed by atoms with Crippen molar-refractivity contribution in [1.82, 2.24) is 29.1 Å². The summed E-state index contributed by atoms with van der Waals surface area (Å²) in [7, 11) is -3.99. The third kappa shape index (κ3) is 12.3. The monoisotopic (exact) mass is 941 g/mol. The molecule has 0 saturated heterocycles. The number of anilines is 2. The van der Waals surface area contributed by atoms with Crippen molar-refractivity contribution in [3.63, 3.8) is 0 Å². The molecule has 358 valence electrons. The van der Waals surface area contributed by atoms with Gasteiger partial charge in [0.1, 0.15) is 28.5 Å². The zero-order valence-corrected chi connectivity index (χ0v) is 40.6. The van der Waals surface area contributed by atoms with Crippen LogP contribution in [-0.4, -0.2) is 89.5 Å². The molecule has 21 heteroatoms. The summed E-state index contributed by atoms with van der Waals surface area (Å²) in [6.45, 7) is 19.1. The zero-order chi connectivity index (χ0) is 49.0. The summed E-state index contributed by atoms with van der Waals surface area (Å²) in [4.78, 5) is 63.4. The molecule has 0 aliphatic carbocycles. The number of benzene rings is 2. The zero-order valence-electron chi connectivity index (χ0n) is 39.7. The Hall–Kier alpha value is -6.47. The molecule has 6 rings (SSSR count). The Morgan fingerprint density at radius 1 is 0.821 bits per heavy atom. The SMILES string of the molecule is CCn1nc(C)cc1C(=O)N=C1Cc2cc(C(N)=O)ccc2N1C/C=C/Cn1c(NC(=O)c2cc(C)nn2CC)nc2cc(C(N)=O)cc(OCCCOP(=O)(OC(C)(C)C)OC(C)(C)C)c21.